The highest BCUT2D eigenvalue weighted by molar-refractivity contribution is 5.51. The molecule has 0 aromatic heterocycles. The molecule has 1 atom stereocenters. The summed E-state index contributed by atoms with van der Waals surface area (Å²) in [6.07, 6.45) is 1.22. The molecule has 4 nitrogen and oxygen atoms in total. The molecule has 0 bridgehead atoms. The second-order valence-electron chi connectivity index (χ2n) is 5.50. The number of rotatable bonds is 3. The summed E-state index contributed by atoms with van der Waals surface area (Å²) in [4.78, 5) is 4.92. The predicted octanol–water partition coefficient (Wildman–Crippen LogP) is 1.80. The Morgan fingerprint density at radius 2 is 2.16 bits per heavy atom. The Hall–Kier alpha value is -1.26. The molecular formula is C15H25N3O. The normalized spacial score (nSPS) is 22.2. The molecule has 1 unspecified atom stereocenters. The minimum Gasteiger partial charge on any atom is -0.497 e. The van der Waals surface area contributed by atoms with Crippen LogP contribution in [0.3, 0.4) is 0 Å². The van der Waals surface area contributed by atoms with Gasteiger partial charge in [-0.3, -0.25) is 4.90 Å². The fourth-order valence-corrected chi connectivity index (χ4v) is 2.72. The van der Waals surface area contributed by atoms with E-state index in [0.717, 1.165) is 31.1 Å². The molecule has 0 saturated carbocycles. The average Bonchev–Trinajstić information content (AvgIpc) is 2.53. The van der Waals surface area contributed by atoms with Crippen LogP contribution in [-0.4, -0.2) is 49.6 Å². The Morgan fingerprint density at radius 3 is 2.84 bits per heavy atom. The number of nitrogens with two attached hydrogens (primary N) is 1. The topological polar surface area (TPSA) is 41.7 Å². The zero-order chi connectivity index (χ0) is 13.8. The molecular weight excluding hydrogens is 238 g/mol. The van der Waals surface area contributed by atoms with Crippen molar-refractivity contribution in [3.05, 3.63) is 23.8 Å². The zero-order valence-corrected chi connectivity index (χ0v) is 12.2. The van der Waals surface area contributed by atoms with Crippen molar-refractivity contribution in [1.82, 2.24) is 9.80 Å². The van der Waals surface area contributed by atoms with Crippen molar-refractivity contribution in [1.29, 1.82) is 0 Å². The van der Waals surface area contributed by atoms with Gasteiger partial charge in [0, 0.05) is 37.4 Å². The van der Waals surface area contributed by atoms with Crippen LogP contribution in [0.1, 0.15) is 18.9 Å². The number of hydrogen-bond acceptors (Lipinski definition) is 4. The zero-order valence-electron chi connectivity index (χ0n) is 12.2. The first-order valence-corrected chi connectivity index (χ1v) is 6.95. The number of nitrogen functional groups attached to an aromatic ring is 1. The van der Waals surface area contributed by atoms with Crippen molar-refractivity contribution in [2.24, 2.45) is 0 Å². The second kappa shape index (κ2) is 6.26. The van der Waals surface area contributed by atoms with Crippen LogP contribution < -0.4 is 10.5 Å². The first-order valence-electron chi connectivity index (χ1n) is 6.95. The summed E-state index contributed by atoms with van der Waals surface area (Å²) < 4.78 is 5.19. The number of ether oxygens (including phenoxy) is 1. The van der Waals surface area contributed by atoms with Crippen LogP contribution in [0, 0.1) is 0 Å². The van der Waals surface area contributed by atoms with Gasteiger partial charge in [-0.25, -0.2) is 0 Å². The minimum atomic E-state index is 0.564. The Bertz CT molecular complexity index is 422. The number of likely N-dealkylation sites (N-methyl/N-ethyl adjacent to an activating group) is 1. The number of benzene rings is 1. The molecule has 1 saturated heterocycles. The van der Waals surface area contributed by atoms with Crippen molar-refractivity contribution in [3.8, 4) is 5.75 Å². The Balaban J connectivity index is 2.07. The largest absolute Gasteiger partial charge is 0.497 e. The Kier molecular flexibility index (Phi) is 4.66. The molecule has 0 radical (unpaired) electrons. The number of methoxy groups -OCH3 is 1. The summed E-state index contributed by atoms with van der Waals surface area (Å²) in [5.74, 6) is 0.824. The smallest absolute Gasteiger partial charge is 0.120 e. The monoisotopic (exact) mass is 263 g/mol. The van der Waals surface area contributed by atoms with Crippen molar-refractivity contribution < 1.29 is 4.74 Å². The molecule has 19 heavy (non-hydrogen) atoms. The fraction of sp³-hybridized carbons (Fsp3) is 0.600. The van der Waals surface area contributed by atoms with Gasteiger partial charge in [-0.2, -0.15) is 0 Å². The summed E-state index contributed by atoms with van der Waals surface area (Å²) >= 11 is 0. The van der Waals surface area contributed by atoms with E-state index < -0.39 is 0 Å². The van der Waals surface area contributed by atoms with Gasteiger partial charge >= 0.3 is 0 Å². The van der Waals surface area contributed by atoms with Gasteiger partial charge in [0.25, 0.3) is 0 Å². The summed E-state index contributed by atoms with van der Waals surface area (Å²) in [6, 6.07) is 6.54. The number of anilines is 1. The van der Waals surface area contributed by atoms with Crippen LogP contribution in [-0.2, 0) is 6.54 Å². The van der Waals surface area contributed by atoms with Crippen LogP contribution >= 0.6 is 0 Å². The number of hydrogen-bond donors (Lipinski definition) is 1. The summed E-state index contributed by atoms with van der Waals surface area (Å²) in [5, 5.41) is 0. The molecule has 2 N–H and O–H groups in total. The SMILES string of the molecule is COc1ccc(CN2CCCN(C)CC2C)c(N)c1. The highest BCUT2D eigenvalue weighted by atomic mass is 16.5. The maximum Gasteiger partial charge on any atom is 0.120 e. The molecule has 4 heteroatoms. The first kappa shape index (κ1) is 14.2. The fourth-order valence-electron chi connectivity index (χ4n) is 2.72. The van der Waals surface area contributed by atoms with E-state index in [4.69, 9.17) is 10.5 Å². The van der Waals surface area contributed by atoms with E-state index in [0.29, 0.717) is 6.04 Å². The highest BCUT2D eigenvalue weighted by Gasteiger charge is 2.20. The van der Waals surface area contributed by atoms with Crippen molar-refractivity contribution in [3.63, 3.8) is 0 Å². The molecule has 1 fully saturated rings. The molecule has 0 amide bonds. The Labute approximate surface area is 116 Å². The molecule has 2 rings (SSSR count). The molecule has 1 aromatic rings. The van der Waals surface area contributed by atoms with E-state index in [1.807, 2.05) is 12.1 Å². The van der Waals surface area contributed by atoms with Crippen LogP contribution in [0.15, 0.2) is 18.2 Å². The molecule has 1 aliphatic heterocycles. The molecule has 0 aliphatic carbocycles. The molecule has 1 aromatic carbocycles. The maximum absolute atomic E-state index is 6.11. The third kappa shape index (κ3) is 3.61. The van der Waals surface area contributed by atoms with Gasteiger partial charge in [0.1, 0.15) is 5.75 Å². The molecule has 1 heterocycles. The van der Waals surface area contributed by atoms with Gasteiger partial charge in [-0.15, -0.1) is 0 Å². The quantitative estimate of drug-likeness (QED) is 0.844. The van der Waals surface area contributed by atoms with Gasteiger partial charge in [0.2, 0.25) is 0 Å². The lowest BCUT2D eigenvalue weighted by Crippen LogP contribution is -2.37. The second-order valence-corrected chi connectivity index (χ2v) is 5.50. The van der Waals surface area contributed by atoms with E-state index in [9.17, 15) is 0 Å². The average molecular weight is 263 g/mol. The summed E-state index contributed by atoms with van der Waals surface area (Å²) in [6.45, 7) is 6.65. The highest BCUT2D eigenvalue weighted by Crippen LogP contribution is 2.22. The third-order valence-corrected chi connectivity index (χ3v) is 3.91. The van der Waals surface area contributed by atoms with E-state index in [1.54, 1.807) is 7.11 Å². The first-order chi connectivity index (χ1) is 9.10. The van der Waals surface area contributed by atoms with E-state index in [-0.39, 0.29) is 0 Å². The van der Waals surface area contributed by atoms with Gasteiger partial charge in [0.15, 0.2) is 0 Å². The van der Waals surface area contributed by atoms with E-state index in [1.165, 1.54) is 18.5 Å². The summed E-state index contributed by atoms with van der Waals surface area (Å²) in [7, 11) is 3.86. The molecule has 0 spiro atoms. The van der Waals surface area contributed by atoms with Gasteiger partial charge in [-0.1, -0.05) is 6.07 Å². The maximum atomic E-state index is 6.11. The van der Waals surface area contributed by atoms with E-state index >= 15 is 0 Å². The lowest BCUT2D eigenvalue weighted by atomic mass is 10.1. The standard InChI is InChI=1S/C15H25N3O/c1-12-10-17(2)7-4-8-18(12)11-13-5-6-14(19-3)9-15(13)16/h5-6,9,12H,4,7-8,10-11,16H2,1-3H3. The van der Waals surface area contributed by atoms with Crippen LogP contribution in [0.2, 0.25) is 0 Å². The lowest BCUT2D eigenvalue weighted by molar-refractivity contribution is 0.195. The van der Waals surface area contributed by atoms with Crippen LogP contribution in [0.4, 0.5) is 5.69 Å². The van der Waals surface area contributed by atoms with Crippen molar-refractivity contribution >= 4 is 5.69 Å². The van der Waals surface area contributed by atoms with Gasteiger partial charge in [0.05, 0.1) is 7.11 Å². The number of nitrogens with zero attached hydrogens (tertiary/aromatic N) is 2. The predicted molar refractivity (Wildman–Crippen MR) is 79.4 cm³/mol. The summed E-state index contributed by atoms with van der Waals surface area (Å²) in [5.41, 5.74) is 8.12. The third-order valence-electron chi connectivity index (χ3n) is 3.91. The Morgan fingerprint density at radius 1 is 1.37 bits per heavy atom. The lowest BCUT2D eigenvalue weighted by Gasteiger charge is -2.28. The van der Waals surface area contributed by atoms with Gasteiger partial charge in [-0.05, 0) is 38.6 Å². The minimum absolute atomic E-state index is 0.564. The molecule has 1 aliphatic rings. The van der Waals surface area contributed by atoms with Crippen molar-refractivity contribution in [2.45, 2.75) is 25.9 Å². The van der Waals surface area contributed by atoms with E-state index in [2.05, 4.69) is 29.8 Å². The van der Waals surface area contributed by atoms with Crippen LogP contribution in [0.25, 0.3) is 0 Å². The molecule has 106 valence electrons. The van der Waals surface area contributed by atoms with Crippen LogP contribution in [0.5, 0.6) is 5.75 Å². The van der Waals surface area contributed by atoms with Gasteiger partial charge < -0.3 is 15.4 Å². The van der Waals surface area contributed by atoms with Crippen molar-refractivity contribution in [2.75, 3.05) is 39.5 Å².